The lowest BCUT2D eigenvalue weighted by Crippen LogP contribution is -2.47. The normalized spacial score (nSPS) is 20.5. The Kier molecular flexibility index (Phi) is 10.4. The molecule has 1 aliphatic rings. The summed E-state index contributed by atoms with van der Waals surface area (Å²) < 4.78 is 96.5. The third-order valence-corrected chi connectivity index (χ3v) is 9.16. The highest BCUT2D eigenvalue weighted by Gasteiger charge is 2.42. The summed E-state index contributed by atoms with van der Waals surface area (Å²) in [7, 11) is -3.26. The van der Waals surface area contributed by atoms with E-state index in [1.54, 1.807) is 6.92 Å². The van der Waals surface area contributed by atoms with Crippen LogP contribution in [0.5, 0.6) is 5.75 Å². The number of aromatic nitrogens is 3. The van der Waals surface area contributed by atoms with Gasteiger partial charge >= 0.3 is 12.8 Å². The van der Waals surface area contributed by atoms with Crippen LogP contribution in [0.3, 0.4) is 0 Å². The number of pyridine rings is 1. The standard InChI is InChI=1S/C25H33ClF5N5O5S/c1-5-36-20(15-11-32-17(10-16(15)41-23(27)28)34-21(13(2)3)25(29,30)31)18(26)19(35-36)22(37)33-12-24(38)8-6-14(7-9-24)42(4,39)40/h10-11,13-14,21,23,38H,5-9,12H2,1-4H3,(H,32,34)(H,33,37)/t14?,21-,24?/m1/s1. The fourth-order valence-corrected chi connectivity index (χ4v) is 6.22. The lowest BCUT2D eigenvalue weighted by Gasteiger charge is -2.35. The van der Waals surface area contributed by atoms with Crippen LogP contribution in [0.2, 0.25) is 5.02 Å². The number of alkyl halides is 5. The van der Waals surface area contributed by atoms with Crippen LogP contribution in [0.1, 0.15) is 56.9 Å². The van der Waals surface area contributed by atoms with Crippen molar-refractivity contribution in [2.45, 2.75) is 82.7 Å². The van der Waals surface area contributed by atoms with Crippen molar-refractivity contribution in [2.75, 3.05) is 18.1 Å². The zero-order valence-corrected chi connectivity index (χ0v) is 24.9. The molecule has 0 spiro atoms. The van der Waals surface area contributed by atoms with Gasteiger partial charge in [-0.05, 0) is 38.5 Å². The van der Waals surface area contributed by atoms with Gasteiger partial charge in [0.1, 0.15) is 27.4 Å². The molecule has 42 heavy (non-hydrogen) atoms. The molecule has 10 nitrogen and oxygen atoms in total. The summed E-state index contributed by atoms with van der Waals surface area (Å²) in [5.41, 5.74) is -1.84. The summed E-state index contributed by atoms with van der Waals surface area (Å²) >= 11 is 6.49. The minimum absolute atomic E-state index is 0.0392. The van der Waals surface area contributed by atoms with Crippen LogP contribution in [0.4, 0.5) is 27.8 Å². The van der Waals surface area contributed by atoms with Crippen LogP contribution in [0.15, 0.2) is 12.3 Å². The number of nitrogens with zero attached hydrogens (tertiary/aromatic N) is 3. The lowest BCUT2D eigenvalue weighted by molar-refractivity contribution is -0.150. The van der Waals surface area contributed by atoms with E-state index in [2.05, 4.69) is 25.5 Å². The van der Waals surface area contributed by atoms with Crippen molar-refractivity contribution < 1.29 is 45.0 Å². The number of hydrogen-bond acceptors (Lipinski definition) is 8. The number of hydrogen-bond donors (Lipinski definition) is 3. The number of carbonyl (C=O) groups excluding carboxylic acids is 1. The average molecular weight is 646 g/mol. The Morgan fingerprint density at radius 2 is 1.90 bits per heavy atom. The third-order valence-electron chi connectivity index (χ3n) is 7.12. The number of amides is 1. The molecular formula is C25H33ClF5N5O5S. The van der Waals surface area contributed by atoms with E-state index in [-0.39, 0.29) is 66.6 Å². The van der Waals surface area contributed by atoms with Gasteiger partial charge in [0.15, 0.2) is 5.69 Å². The van der Waals surface area contributed by atoms with Crippen LogP contribution in [-0.2, 0) is 16.4 Å². The van der Waals surface area contributed by atoms with E-state index in [4.69, 9.17) is 11.6 Å². The number of rotatable bonds is 11. The molecule has 1 saturated carbocycles. The first kappa shape index (κ1) is 33.8. The zero-order chi connectivity index (χ0) is 31.6. The summed E-state index contributed by atoms with van der Waals surface area (Å²) in [6, 6.07) is -1.14. The largest absolute Gasteiger partial charge is 0.434 e. The van der Waals surface area contributed by atoms with E-state index in [1.165, 1.54) is 18.5 Å². The Hall–Kier alpha value is -2.72. The molecule has 1 atom stereocenters. The number of sulfone groups is 1. The number of carbonyl (C=O) groups is 1. The molecule has 2 aromatic rings. The highest BCUT2D eigenvalue weighted by atomic mass is 35.5. The molecule has 3 N–H and O–H groups in total. The molecule has 3 rings (SSSR count). The van der Waals surface area contributed by atoms with Crippen LogP contribution in [-0.4, -0.2) is 76.7 Å². The maximum Gasteiger partial charge on any atom is 0.408 e. The smallest absolute Gasteiger partial charge is 0.408 e. The van der Waals surface area contributed by atoms with Crippen molar-refractivity contribution >= 4 is 33.2 Å². The predicted octanol–water partition coefficient (Wildman–Crippen LogP) is 4.67. The Balaban J connectivity index is 1.89. The van der Waals surface area contributed by atoms with E-state index in [9.17, 15) is 40.3 Å². The SMILES string of the molecule is CCn1nc(C(=O)NCC2(O)CCC(S(C)(=O)=O)CC2)c(Cl)c1-c1cnc(N[C@H](C(C)C)C(F)(F)F)cc1OC(F)F. The number of aliphatic hydroxyl groups is 1. The van der Waals surface area contributed by atoms with Crippen LogP contribution in [0, 0.1) is 5.92 Å². The van der Waals surface area contributed by atoms with Crippen molar-refractivity contribution in [2.24, 2.45) is 5.92 Å². The van der Waals surface area contributed by atoms with Crippen molar-refractivity contribution in [3.8, 4) is 17.0 Å². The second-order valence-electron chi connectivity index (χ2n) is 10.6. The number of halogens is 6. The Labute approximate surface area is 244 Å². The van der Waals surface area contributed by atoms with Gasteiger partial charge in [0.25, 0.3) is 5.91 Å². The highest BCUT2D eigenvalue weighted by Crippen LogP contribution is 2.39. The van der Waals surface area contributed by atoms with Crippen molar-refractivity contribution in [3.05, 3.63) is 23.0 Å². The first-order chi connectivity index (χ1) is 19.4. The summed E-state index contributed by atoms with van der Waals surface area (Å²) in [5.74, 6) is -2.62. The molecule has 0 aliphatic heterocycles. The molecule has 2 aromatic heterocycles. The van der Waals surface area contributed by atoms with Gasteiger partial charge in [-0.2, -0.15) is 27.1 Å². The van der Waals surface area contributed by atoms with E-state index < -0.39 is 57.1 Å². The molecular weight excluding hydrogens is 613 g/mol. The zero-order valence-electron chi connectivity index (χ0n) is 23.3. The Morgan fingerprint density at radius 3 is 2.40 bits per heavy atom. The Bertz CT molecular complexity index is 1380. The molecule has 0 radical (unpaired) electrons. The molecule has 17 heteroatoms. The molecule has 1 aliphatic carbocycles. The van der Waals surface area contributed by atoms with E-state index in [0.717, 1.165) is 18.5 Å². The minimum atomic E-state index is -4.65. The molecule has 236 valence electrons. The summed E-state index contributed by atoms with van der Waals surface area (Å²) in [5, 5.41) is 18.9. The third kappa shape index (κ3) is 8.01. The van der Waals surface area contributed by atoms with E-state index in [0.29, 0.717) is 0 Å². The fourth-order valence-electron chi connectivity index (χ4n) is 4.81. The van der Waals surface area contributed by atoms with Gasteiger partial charge in [0, 0.05) is 31.6 Å². The monoisotopic (exact) mass is 645 g/mol. The maximum absolute atomic E-state index is 13.5. The molecule has 0 bridgehead atoms. The molecule has 2 heterocycles. The second kappa shape index (κ2) is 12.9. The lowest BCUT2D eigenvalue weighted by atomic mass is 9.84. The van der Waals surface area contributed by atoms with Gasteiger partial charge in [0.2, 0.25) is 0 Å². The van der Waals surface area contributed by atoms with Gasteiger partial charge in [-0.3, -0.25) is 9.48 Å². The first-order valence-corrected chi connectivity index (χ1v) is 15.4. The number of aryl methyl sites for hydroxylation is 1. The van der Waals surface area contributed by atoms with Crippen LogP contribution in [0.25, 0.3) is 11.3 Å². The minimum Gasteiger partial charge on any atom is -0.434 e. The molecule has 1 fully saturated rings. The molecule has 0 aromatic carbocycles. The van der Waals surface area contributed by atoms with Gasteiger partial charge < -0.3 is 20.5 Å². The van der Waals surface area contributed by atoms with Crippen molar-refractivity contribution in [1.82, 2.24) is 20.1 Å². The summed E-state index contributed by atoms with van der Waals surface area (Å²) in [6.45, 7) is 0.843. The fraction of sp³-hybridized carbons (Fsp3) is 0.640. The number of nitrogens with one attached hydrogen (secondary N) is 2. The van der Waals surface area contributed by atoms with Gasteiger partial charge in [-0.15, -0.1) is 0 Å². The van der Waals surface area contributed by atoms with Crippen molar-refractivity contribution in [1.29, 1.82) is 0 Å². The summed E-state index contributed by atoms with van der Waals surface area (Å²) in [4.78, 5) is 17.0. The van der Waals surface area contributed by atoms with Gasteiger partial charge in [0.05, 0.1) is 27.1 Å². The highest BCUT2D eigenvalue weighted by molar-refractivity contribution is 7.91. The maximum atomic E-state index is 13.5. The van der Waals surface area contributed by atoms with Gasteiger partial charge in [-0.1, -0.05) is 25.4 Å². The number of ether oxygens (including phenoxy) is 1. The Morgan fingerprint density at radius 1 is 1.29 bits per heavy atom. The van der Waals surface area contributed by atoms with Gasteiger partial charge in [-0.25, -0.2) is 13.4 Å². The quantitative estimate of drug-likeness (QED) is 0.300. The second-order valence-corrected chi connectivity index (χ2v) is 13.3. The molecule has 0 unspecified atom stereocenters. The van der Waals surface area contributed by atoms with Crippen LogP contribution >= 0.6 is 11.6 Å². The van der Waals surface area contributed by atoms with Crippen LogP contribution < -0.4 is 15.4 Å². The average Bonchev–Trinajstić information content (AvgIpc) is 3.20. The topological polar surface area (TPSA) is 135 Å². The van der Waals surface area contributed by atoms with E-state index in [1.807, 2.05) is 0 Å². The summed E-state index contributed by atoms with van der Waals surface area (Å²) in [6.07, 6.45) is -1.79. The number of anilines is 1. The van der Waals surface area contributed by atoms with Crippen molar-refractivity contribution in [3.63, 3.8) is 0 Å². The molecule has 1 amide bonds. The van der Waals surface area contributed by atoms with E-state index >= 15 is 0 Å². The molecule has 0 saturated heterocycles. The predicted molar refractivity (Wildman–Crippen MR) is 145 cm³/mol. The first-order valence-electron chi connectivity index (χ1n) is 13.1.